The van der Waals surface area contributed by atoms with Crippen LogP contribution < -0.4 is 0 Å². The van der Waals surface area contributed by atoms with Gasteiger partial charge in [0.15, 0.2) is 6.61 Å². The monoisotopic (exact) mass is 428 g/mol. The molecular weight excluding hydrogens is 400 g/mol. The van der Waals surface area contributed by atoms with Gasteiger partial charge >= 0.3 is 5.97 Å². The van der Waals surface area contributed by atoms with Crippen LogP contribution in [0, 0.1) is 20.8 Å². The van der Waals surface area contributed by atoms with E-state index in [1.807, 2.05) is 75.5 Å². The van der Waals surface area contributed by atoms with Crippen molar-refractivity contribution in [3.8, 4) is 5.69 Å². The van der Waals surface area contributed by atoms with E-state index in [2.05, 4.69) is 15.6 Å². The topological polar surface area (TPSA) is 64.1 Å². The molecule has 0 amide bonds. The molecule has 2 aromatic carbocycles. The number of nitrogens with zero attached hydrogens (tertiary/aromatic N) is 1. The number of H-pyrrole nitrogens is 1. The first-order chi connectivity index (χ1) is 15.4. The van der Waals surface area contributed by atoms with Gasteiger partial charge < -0.3 is 14.3 Å². The van der Waals surface area contributed by atoms with Crippen LogP contribution in [-0.4, -0.2) is 27.9 Å². The van der Waals surface area contributed by atoms with Gasteiger partial charge in [0.2, 0.25) is 5.78 Å². The van der Waals surface area contributed by atoms with Crippen LogP contribution in [0.15, 0.2) is 60.8 Å². The van der Waals surface area contributed by atoms with Crippen LogP contribution in [0.2, 0.25) is 0 Å². The number of benzene rings is 2. The fraction of sp³-hybridized carbons (Fsp3) is 0.259. The number of ether oxygens (including phenoxy) is 1. The molecule has 0 bridgehead atoms. The second kappa shape index (κ2) is 9.27. The van der Waals surface area contributed by atoms with Crippen molar-refractivity contribution in [1.29, 1.82) is 0 Å². The molecule has 0 atom stereocenters. The number of ketones is 1. The minimum absolute atomic E-state index is 0.179. The molecule has 0 unspecified atom stereocenters. The van der Waals surface area contributed by atoms with E-state index in [4.69, 9.17) is 4.74 Å². The summed E-state index contributed by atoms with van der Waals surface area (Å²) < 4.78 is 7.34. The van der Waals surface area contributed by atoms with E-state index in [-0.39, 0.29) is 24.8 Å². The molecule has 5 nitrogen and oxygen atoms in total. The zero-order valence-corrected chi connectivity index (χ0v) is 18.8. The summed E-state index contributed by atoms with van der Waals surface area (Å²) in [6.45, 7) is 5.70. The predicted octanol–water partition coefficient (Wildman–Crippen LogP) is 5.63. The fourth-order valence-corrected chi connectivity index (χ4v) is 4.19. The number of aryl methyl sites for hydroxylation is 3. The number of carbonyl (C=O) groups is 2. The van der Waals surface area contributed by atoms with Gasteiger partial charge in [0.25, 0.3) is 0 Å². The molecule has 0 saturated carbocycles. The molecule has 164 valence electrons. The van der Waals surface area contributed by atoms with Crippen molar-refractivity contribution in [2.45, 2.75) is 40.0 Å². The summed E-state index contributed by atoms with van der Waals surface area (Å²) in [5.74, 6) is -0.521. The lowest BCUT2D eigenvalue weighted by atomic mass is 10.1. The average Bonchev–Trinajstić information content (AvgIpc) is 3.33. The van der Waals surface area contributed by atoms with Crippen LogP contribution >= 0.6 is 0 Å². The van der Waals surface area contributed by atoms with Gasteiger partial charge in [0.1, 0.15) is 0 Å². The summed E-state index contributed by atoms with van der Waals surface area (Å²) in [6.07, 6.45) is 3.74. The molecule has 0 aliphatic carbocycles. The van der Waals surface area contributed by atoms with Crippen molar-refractivity contribution in [1.82, 2.24) is 9.55 Å². The Morgan fingerprint density at radius 3 is 2.53 bits per heavy atom. The number of aromatic nitrogens is 2. The molecule has 2 heterocycles. The van der Waals surface area contributed by atoms with E-state index in [9.17, 15) is 9.59 Å². The minimum atomic E-state index is -0.342. The number of para-hydroxylation sites is 1. The number of hydrogen-bond acceptors (Lipinski definition) is 3. The van der Waals surface area contributed by atoms with Gasteiger partial charge in [-0.2, -0.15) is 0 Å². The summed E-state index contributed by atoms with van der Waals surface area (Å²) >= 11 is 0. The largest absolute Gasteiger partial charge is 0.457 e. The number of carbonyl (C=O) groups excluding carboxylic acids is 2. The molecule has 0 radical (unpaired) electrons. The van der Waals surface area contributed by atoms with Gasteiger partial charge in [-0.1, -0.05) is 35.9 Å². The third-order valence-corrected chi connectivity index (χ3v) is 5.89. The number of rotatable bonds is 8. The zero-order valence-electron chi connectivity index (χ0n) is 18.8. The van der Waals surface area contributed by atoms with Gasteiger partial charge in [-0.25, -0.2) is 0 Å². The first-order valence-electron chi connectivity index (χ1n) is 10.9. The van der Waals surface area contributed by atoms with Crippen molar-refractivity contribution >= 4 is 22.7 Å². The van der Waals surface area contributed by atoms with Crippen LogP contribution in [0.5, 0.6) is 0 Å². The van der Waals surface area contributed by atoms with Crippen molar-refractivity contribution in [2.75, 3.05) is 6.61 Å². The molecule has 2 aromatic heterocycles. The Balaban J connectivity index is 1.32. The number of nitrogens with one attached hydrogen (secondary N) is 1. The molecular formula is C27H28N2O3. The van der Waals surface area contributed by atoms with Crippen LogP contribution in [0.3, 0.4) is 0 Å². The zero-order chi connectivity index (χ0) is 22.7. The van der Waals surface area contributed by atoms with Crippen LogP contribution in [0.25, 0.3) is 16.6 Å². The van der Waals surface area contributed by atoms with Crippen molar-refractivity contribution in [2.24, 2.45) is 0 Å². The third kappa shape index (κ3) is 4.52. The lowest BCUT2D eigenvalue weighted by molar-refractivity contribution is -0.142. The van der Waals surface area contributed by atoms with Gasteiger partial charge in [-0.05, 0) is 63.4 Å². The van der Waals surface area contributed by atoms with E-state index >= 15 is 0 Å². The van der Waals surface area contributed by atoms with Crippen LogP contribution in [0.1, 0.15) is 45.7 Å². The Kier molecular flexibility index (Phi) is 6.26. The first-order valence-corrected chi connectivity index (χ1v) is 10.9. The Morgan fingerprint density at radius 2 is 1.75 bits per heavy atom. The predicted molar refractivity (Wildman–Crippen MR) is 127 cm³/mol. The maximum absolute atomic E-state index is 12.7. The van der Waals surface area contributed by atoms with Gasteiger partial charge in [0.05, 0.1) is 0 Å². The molecule has 0 fully saturated rings. The number of hydrogen-bond donors (Lipinski definition) is 1. The second-order valence-electron chi connectivity index (χ2n) is 8.25. The van der Waals surface area contributed by atoms with Gasteiger partial charge in [-0.15, -0.1) is 0 Å². The highest BCUT2D eigenvalue weighted by Crippen LogP contribution is 2.22. The second-order valence-corrected chi connectivity index (χ2v) is 8.25. The number of esters is 1. The van der Waals surface area contributed by atoms with Crippen LogP contribution in [-0.2, 0) is 16.0 Å². The Bertz CT molecular complexity index is 1260. The van der Waals surface area contributed by atoms with E-state index in [0.29, 0.717) is 12.0 Å². The van der Waals surface area contributed by atoms with E-state index in [0.717, 1.165) is 29.0 Å². The van der Waals surface area contributed by atoms with Gasteiger partial charge in [0, 0.05) is 46.2 Å². The molecule has 4 rings (SSSR count). The molecule has 4 aromatic rings. The molecule has 0 spiro atoms. The molecule has 5 heteroatoms. The molecule has 1 N–H and O–H groups in total. The summed E-state index contributed by atoms with van der Waals surface area (Å²) in [5, 5.41) is 1.18. The van der Waals surface area contributed by atoms with Crippen molar-refractivity contribution < 1.29 is 14.3 Å². The lowest BCUT2D eigenvalue weighted by Crippen LogP contribution is -2.15. The quantitative estimate of drug-likeness (QED) is 0.292. The normalized spacial score (nSPS) is 11.1. The SMILES string of the molecule is Cc1ccc(-n2c(C)cc(C(=O)COC(=O)CCCc3c[nH]c4ccccc34)c2C)cc1. The number of fused-ring (bicyclic) bond motifs is 1. The fourth-order valence-electron chi connectivity index (χ4n) is 4.19. The highest BCUT2D eigenvalue weighted by molar-refractivity contribution is 5.99. The number of Topliss-reactive ketones (excluding diaryl/α,β-unsaturated/α-hetero) is 1. The third-order valence-electron chi connectivity index (χ3n) is 5.89. The van der Waals surface area contributed by atoms with E-state index < -0.39 is 0 Å². The first kappa shape index (κ1) is 21.6. The summed E-state index contributed by atoms with van der Waals surface area (Å²) in [5.41, 5.74) is 6.90. The Morgan fingerprint density at radius 1 is 1.00 bits per heavy atom. The van der Waals surface area contributed by atoms with Crippen LogP contribution in [0.4, 0.5) is 0 Å². The van der Waals surface area contributed by atoms with E-state index in [1.54, 1.807) is 0 Å². The van der Waals surface area contributed by atoms with Crippen molar-refractivity contribution in [3.05, 3.63) is 88.9 Å². The van der Waals surface area contributed by atoms with E-state index in [1.165, 1.54) is 16.5 Å². The lowest BCUT2D eigenvalue weighted by Gasteiger charge is -2.10. The van der Waals surface area contributed by atoms with Gasteiger partial charge in [-0.3, -0.25) is 9.59 Å². The molecule has 0 saturated heterocycles. The molecule has 0 aliphatic heterocycles. The summed E-state index contributed by atoms with van der Waals surface area (Å²) in [4.78, 5) is 28.2. The average molecular weight is 429 g/mol. The Hall–Kier alpha value is -3.60. The molecule has 0 aliphatic rings. The standard InChI is InChI=1S/C27H28N2O3/c1-18-11-13-22(14-12-18)29-19(2)15-24(20(29)3)26(30)17-32-27(31)10-6-7-21-16-28-25-9-5-4-8-23(21)25/h4-5,8-9,11-16,28H,6-7,10,17H2,1-3H3. The highest BCUT2D eigenvalue weighted by atomic mass is 16.5. The summed E-state index contributed by atoms with van der Waals surface area (Å²) in [6, 6.07) is 18.2. The van der Waals surface area contributed by atoms with Crippen molar-refractivity contribution in [3.63, 3.8) is 0 Å². The smallest absolute Gasteiger partial charge is 0.306 e. The minimum Gasteiger partial charge on any atom is -0.457 e. The molecule has 32 heavy (non-hydrogen) atoms. The number of aromatic amines is 1. The maximum Gasteiger partial charge on any atom is 0.306 e. The summed E-state index contributed by atoms with van der Waals surface area (Å²) in [7, 11) is 0. The maximum atomic E-state index is 12.7. The Labute approximate surface area is 188 Å². The highest BCUT2D eigenvalue weighted by Gasteiger charge is 2.18.